The van der Waals surface area contributed by atoms with Gasteiger partial charge in [0.15, 0.2) is 0 Å². The van der Waals surface area contributed by atoms with Gasteiger partial charge in [-0.1, -0.05) is 73.9 Å². The van der Waals surface area contributed by atoms with Crippen LogP contribution in [-0.2, 0) is 21.2 Å². The maximum absolute atomic E-state index is 14.0. The molecule has 5 rings (SSSR count). The minimum atomic E-state index is -3.79. The summed E-state index contributed by atoms with van der Waals surface area (Å²) < 4.78 is 28.8. The van der Waals surface area contributed by atoms with Gasteiger partial charge in [-0.15, -0.1) is 11.3 Å². The van der Waals surface area contributed by atoms with Crippen molar-refractivity contribution in [3.8, 4) is 0 Å². The van der Waals surface area contributed by atoms with Gasteiger partial charge in [-0.05, 0) is 66.0 Å². The van der Waals surface area contributed by atoms with E-state index in [0.29, 0.717) is 6.54 Å². The molecule has 0 radical (unpaired) electrons. The van der Waals surface area contributed by atoms with Gasteiger partial charge in [0, 0.05) is 22.9 Å². The van der Waals surface area contributed by atoms with Crippen LogP contribution in [0, 0.1) is 6.92 Å². The molecule has 1 aromatic heterocycles. The number of carbonyl (C=O) groups is 1. The molecule has 2 heterocycles. The molecule has 2 aliphatic rings. The van der Waals surface area contributed by atoms with E-state index in [1.165, 1.54) is 14.6 Å². The minimum Gasteiger partial charge on any atom is -0.330 e. The summed E-state index contributed by atoms with van der Waals surface area (Å²) in [6.07, 6.45) is 7.10. The number of hydrogen-bond acceptors (Lipinski definition) is 4. The third-order valence-corrected chi connectivity index (χ3v) is 10.2. The lowest BCUT2D eigenvalue weighted by Gasteiger charge is -2.39. The Bertz CT molecular complexity index is 1360. The smallest absolute Gasteiger partial charge is 0.238 e. The molecule has 2 aromatic carbocycles. The predicted molar refractivity (Wildman–Crippen MR) is 151 cm³/mol. The van der Waals surface area contributed by atoms with Crippen LogP contribution in [0.5, 0.6) is 0 Å². The van der Waals surface area contributed by atoms with Gasteiger partial charge in [0.05, 0.1) is 12.6 Å². The Morgan fingerprint density at radius 3 is 2.49 bits per heavy atom. The summed E-state index contributed by atoms with van der Waals surface area (Å²) >= 11 is 1.74. The molecule has 3 aromatic rings. The first-order chi connectivity index (χ1) is 17.9. The highest BCUT2D eigenvalue weighted by Crippen LogP contribution is 2.39. The van der Waals surface area contributed by atoms with Crippen molar-refractivity contribution in [3.63, 3.8) is 0 Å². The Morgan fingerprint density at radius 2 is 1.73 bits per heavy atom. The van der Waals surface area contributed by atoms with Crippen molar-refractivity contribution in [2.45, 2.75) is 57.5 Å². The summed E-state index contributed by atoms with van der Waals surface area (Å²) in [5, 5.41) is 3.37. The molecule has 1 atom stereocenters. The molecular formula is C30H34N2O3S2. The van der Waals surface area contributed by atoms with Crippen molar-refractivity contribution in [2.24, 2.45) is 0 Å². The highest BCUT2D eigenvalue weighted by molar-refractivity contribution is 7.92. The van der Waals surface area contributed by atoms with E-state index in [-0.39, 0.29) is 24.5 Å². The summed E-state index contributed by atoms with van der Waals surface area (Å²) in [4.78, 5) is 17.2. The lowest BCUT2D eigenvalue weighted by atomic mass is 9.90. The molecule has 0 N–H and O–H groups in total. The second-order valence-corrected chi connectivity index (χ2v) is 12.8. The molecule has 0 spiro atoms. The molecule has 1 fully saturated rings. The molecule has 1 unspecified atom stereocenters. The number of amides is 1. The molecule has 1 aliphatic carbocycles. The van der Waals surface area contributed by atoms with Gasteiger partial charge in [0.1, 0.15) is 0 Å². The topological polar surface area (TPSA) is 57.7 Å². The van der Waals surface area contributed by atoms with Crippen molar-refractivity contribution in [1.82, 2.24) is 9.21 Å². The second-order valence-electron chi connectivity index (χ2n) is 9.99. The van der Waals surface area contributed by atoms with E-state index >= 15 is 0 Å². The predicted octanol–water partition coefficient (Wildman–Crippen LogP) is 6.17. The van der Waals surface area contributed by atoms with Crippen LogP contribution >= 0.6 is 11.3 Å². The molecule has 37 heavy (non-hydrogen) atoms. The minimum absolute atomic E-state index is 0.131. The first kappa shape index (κ1) is 25.9. The van der Waals surface area contributed by atoms with E-state index < -0.39 is 10.0 Å². The third kappa shape index (κ3) is 5.74. The largest absolute Gasteiger partial charge is 0.330 e. The van der Waals surface area contributed by atoms with Gasteiger partial charge in [-0.2, -0.15) is 4.31 Å². The van der Waals surface area contributed by atoms with Gasteiger partial charge >= 0.3 is 0 Å². The number of benzene rings is 2. The number of thiophene rings is 1. The SMILES string of the molecule is Cc1ccccc1C1c2ccsc2CCN1C(=O)CN(C1CCCCC1)S(=O)(=O)/C=C/c1ccccc1. The summed E-state index contributed by atoms with van der Waals surface area (Å²) in [5.74, 6) is -0.132. The lowest BCUT2D eigenvalue weighted by Crippen LogP contribution is -2.49. The maximum atomic E-state index is 14.0. The molecule has 0 saturated heterocycles. The molecular weight excluding hydrogens is 500 g/mol. The van der Waals surface area contributed by atoms with Crippen molar-refractivity contribution in [1.29, 1.82) is 0 Å². The van der Waals surface area contributed by atoms with E-state index in [1.54, 1.807) is 17.4 Å². The van der Waals surface area contributed by atoms with Crippen molar-refractivity contribution in [2.75, 3.05) is 13.1 Å². The maximum Gasteiger partial charge on any atom is 0.238 e. The molecule has 7 heteroatoms. The highest BCUT2D eigenvalue weighted by atomic mass is 32.2. The number of aryl methyl sites for hydroxylation is 1. The first-order valence-electron chi connectivity index (χ1n) is 13.1. The highest BCUT2D eigenvalue weighted by Gasteiger charge is 2.37. The van der Waals surface area contributed by atoms with Crippen LogP contribution in [0.1, 0.15) is 65.3 Å². The molecule has 1 saturated carbocycles. The van der Waals surface area contributed by atoms with Gasteiger partial charge in [0.25, 0.3) is 0 Å². The number of fused-ring (bicyclic) bond motifs is 1. The fraction of sp³-hybridized carbons (Fsp3) is 0.367. The van der Waals surface area contributed by atoms with E-state index in [9.17, 15) is 13.2 Å². The Morgan fingerprint density at radius 1 is 1.00 bits per heavy atom. The van der Waals surface area contributed by atoms with Crippen LogP contribution in [0.3, 0.4) is 0 Å². The number of rotatable bonds is 7. The van der Waals surface area contributed by atoms with Crippen molar-refractivity contribution < 1.29 is 13.2 Å². The molecule has 1 amide bonds. The fourth-order valence-electron chi connectivity index (χ4n) is 5.64. The Hall–Kier alpha value is -2.74. The van der Waals surface area contributed by atoms with Gasteiger partial charge in [-0.25, -0.2) is 8.42 Å². The molecule has 5 nitrogen and oxygen atoms in total. The van der Waals surface area contributed by atoms with Gasteiger partial charge in [0.2, 0.25) is 15.9 Å². The van der Waals surface area contributed by atoms with Crippen LogP contribution < -0.4 is 0 Å². The van der Waals surface area contributed by atoms with E-state index in [4.69, 9.17) is 0 Å². The normalized spacial score (nSPS) is 18.9. The van der Waals surface area contributed by atoms with Crippen LogP contribution in [0.25, 0.3) is 6.08 Å². The summed E-state index contributed by atoms with van der Waals surface area (Å²) in [7, 11) is -3.79. The average Bonchev–Trinajstić information content (AvgIpc) is 3.40. The Labute approximate surface area is 224 Å². The van der Waals surface area contributed by atoms with Crippen LogP contribution in [0.4, 0.5) is 0 Å². The molecule has 0 bridgehead atoms. The quantitative estimate of drug-likeness (QED) is 0.364. The third-order valence-electron chi connectivity index (χ3n) is 7.60. The van der Waals surface area contributed by atoms with Gasteiger partial charge in [-0.3, -0.25) is 4.79 Å². The van der Waals surface area contributed by atoms with Gasteiger partial charge < -0.3 is 4.90 Å². The second kappa shape index (κ2) is 11.3. The first-order valence-corrected chi connectivity index (χ1v) is 15.5. The molecule has 194 valence electrons. The number of carbonyl (C=O) groups excluding carboxylic acids is 1. The van der Waals surface area contributed by atoms with Crippen LogP contribution in [0.2, 0.25) is 0 Å². The fourth-order valence-corrected chi connectivity index (χ4v) is 7.95. The standard InChI is InChI=1S/C30H34N2O3S2/c1-23-10-8-9-15-26(23)30-27-17-20-36-28(27)16-19-31(30)29(33)22-32(25-13-6-3-7-14-25)37(34,35)21-18-24-11-4-2-5-12-24/h2,4-5,8-12,15,17-18,20-21,25,30H,3,6-7,13-14,16,19,22H2,1H3/b21-18+. The van der Waals surface area contributed by atoms with Crippen LogP contribution in [0.15, 0.2) is 71.5 Å². The van der Waals surface area contributed by atoms with E-state index in [2.05, 4.69) is 30.5 Å². The Kier molecular flexibility index (Phi) is 7.93. The van der Waals surface area contributed by atoms with Crippen molar-refractivity contribution in [3.05, 3.63) is 98.6 Å². The number of sulfonamides is 1. The van der Waals surface area contributed by atoms with Crippen LogP contribution in [-0.4, -0.2) is 42.7 Å². The zero-order valence-electron chi connectivity index (χ0n) is 21.3. The van der Waals surface area contributed by atoms with E-state index in [0.717, 1.165) is 60.8 Å². The Balaban J connectivity index is 1.46. The monoisotopic (exact) mass is 534 g/mol. The summed E-state index contributed by atoms with van der Waals surface area (Å²) in [6.45, 7) is 2.53. The summed E-state index contributed by atoms with van der Waals surface area (Å²) in [6, 6.07) is 19.4. The molecule has 1 aliphatic heterocycles. The van der Waals surface area contributed by atoms with Crippen molar-refractivity contribution >= 4 is 33.3 Å². The lowest BCUT2D eigenvalue weighted by molar-refractivity contribution is -0.133. The number of hydrogen-bond donors (Lipinski definition) is 0. The zero-order valence-corrected chi connectivity index (χ0v) is 22.9. The number of nitrogens with zero attached hydrogens (tertiary/aromatic N) is 2. The average molecular weight is 535 g/mol. The van der Waals surface area contributed by atoms with E-state index in [1.807, 2.05) is 47.4 Å². The summed E-state index contributed by atoms with van der Waals surface area (Å²) in [5.41, 5.74) is 4.22. The zero-order chi connectivity index (χ0) is 25.8.